The molecule has 0 atom stereocenters. The van der Waals surface area contributed by atoms with Gasteiger partial charge in [-0.15, -0.1) is 0 Å². The van der Waals surface area contributed by atoms with E-state index >= 15 is 0 Å². The molecule has 0 saturated heterocycles. The van der Waals surface area contributed by atoms with Crippen molar-refractivity contribution in [1.82, 2.24) is 10.4 Å². The molecule has 1 aromatic heterocycles. The molecule has 5 heteroatoms. The summed E-state index contributed by atoms with van der Waals surface area (Å²) in [5.74, 6) is -0.218. The summed E-state index contributed by atoms with van der Waals surface area (Å²) in [6.45, 7) is 4.13. The van der Waals surface area contributed by atoms with E-state index in [4.69, 9.17) is 0 Å². The highest BCUT2D eigenvalue weighted by Gasteiger charge is 2.14. The number of hydrazine groups is 1. The average molecular weight is 349 g/mol. The van der Waals surface area contributed by atoms with Crippen LogP contribution in [-0.4, -0.2) is 10.9 Å². The maximum atomic E-state index is 12.5. The first-order chi connectivity index (χ1) is 12.1. The van der Waals surface area contributed by atoms with E-state index in [9.17, 15) is 4.79 Å². The Kier molecular flexibility index (Phi) is 5.36. The zero-order chi connectivity index (χ0) is 17.6. The zero-order valence-electron chi connectivity index (χ0n) is 14.1. The van der Waals surface area contributed by atoms with Crippen molar-refractivity contribution in [3.05, 3.63) is 83.6 Å². The van der Waals surface area contributed by atoms with E-state index in [0.29, 0.717) is 10.6 Å². The summed E-state index contributed by atoms with van der Waals surface area (Å²) in [6, 6.07) is 19.3. The molecule has 1 heterocycles. The van der Waals surface area contributed by atoms with Crippen LogP contribution in [0.3, 0.4) is 0 Å². The van der Waals surface area contributed by atoms with E-state index in [2.05, 4.69) is 47.9 Å². The van der Waals surface area contributed by atoms with Gasteiger partial charge in [0.05, 0.1) is 11.3 Å². The van der Waals surface area contributed by atoms with Crippen molar-refractivity contribution in [1.29, 1.82) is 0 Å². The highest BCUT2D eigenvalue weighted by atomic mass is 32.2. The Hall–Kier alpha value is -2.79. The first kappa shape index (κ1) is 17.0. The second-order valence-corrected chi connectivity index (χ2v) is 6.70. The topological polar surface area (TPSA) is 54.0 Å². The van der Waals surface area contributed by atoms with Crippen molar-refractivity contribution in [2.75, 3.05) is 5.43 Å². The number of carbonyl (C=O) groups excluding carboxylic acids is 1. The van der Waals surface area contributed by atoms with Gasteiger partial charge in [0.2, 0.25) is 0 Å². The number of hydrogen-bond donors (Lipinski definition) is 2. The smallest absolute Gasteiger partial charge is 0.272 e. The van der Waals surface area contributed by atoms with Crippen LogP contribution in [0.2, 0.25) is 0 Å². The van der Waals surface area contributed by atoms with Gasteiger partial charge in [-0.3, -0.25) is 15.6 Å². The number of amides is 1. The summed E-state index contributed by atoms with van der Waals surface area (Å²) in [6.07, 6.45) is 1.70. The molecular weight excluding hydrogens is 330 g/mol. The van der Waals surface area contributed by atoms with Gasteiger partial charge in [0.1, 0.15) is 5.03 Å². The number of nitrogens with one attached hydrogen (secondary N) is 2. The van der Waals surface area contributed by atoms with Crippen LogP contribution < -0.4 is 10.9 Å². The van der Waals surface area contributed by atoms with Crippen molar-refractivity contribution in [2.45, 2.75) is 23.8 Å². The molecule has 0 bridgehead atoms. The number of pyridine rings is 1. The summed E-state index contributed by atoms with van der Waals surface area (Å²) in [7, 11) is 0. The molecule has 0 unspecified atom stereocenters. The fourth-order valence-corrected chi connectivity index (χ4v) is 3.33. The van der Waals surface area contributed by atoms with Gasteiger partial charge in [0.15, 0.2) is 0 Å². The molecule has 2 aromatic carbocycles. The molecule has 4 nitrogen and oxygen atoms in total. The van der Waals surface area contributed by atoms with Crippen LogP contribution in [0.15, 0.2) is 76.8 Å². The van der Waals surface area contributed by atoms with Crippen LogP contribution in [0.4, 0.5) is 5.69 Å². The third kappa shape index (κ3) is 4.39. The molecule has 3 rings (SSSR count). The number of aryl methyl sites for hydroxylation is 2. The lowest BCUT2D eigenvalue weighted by Gasteiger charge is -2.12. The SMILES string of the molecule is Cc1ccc(Sc2ncccc2C(=O)NNc2ccccc2)c(C)c1. The lowest BCUT2D eigenvalue weighted by atomic mass is 10.2. The van der Waals surface area contributed by atoms with Gasteiger partial charge in [-0.25, -0.2) is 4.98 Å². The summed E-state index contributed by atoms with van der Waals surface area (Å²) in [5.41, 5.74) is 9.39. The number of rotatable bonds is 5. The average Bonchev–Trinajstić information content (AvgIpc) is 2.63. The van der Waals surface area contributed by atoms with Crippen LogP contribution in [0, 0.1) is 13.8 Å². The van der Waals surface area contributed by atoms with Gasteiger partial charge in [-0.1, -0.05) is 47.7 Å². The monoisotopic (exact) mass is 349 g/mol. The Balaban J connectivity index is 1.77. The van der Waals surface area contributed by atoms with Crippen LogP contribution in [0.1, 0.15) is 21.5 Å². The highest BCUT2D eigenvalue weighted by Crippen LogP contribution is 2.31. The Morgan fingerprint density at radius 1 is 1.00 bits per heavy atom. The van der Waals surface area contributed by atoms with E-state index in [1.165, 1.54) is 22.9 Å². The third-order valence-electron chi connectivity index (χ3n) is 3.65. The van der Waals surface area contributed by atoms with E-state index in [-0.39, 0.29) is 5.91 Å². The van der Waals surface area contributed by atoms with Crippen molar-refractivity contribution < 1.29 is 4.79 Å². The highest BCUT2D eigenvalue weighted by molar-refractivity contribution is 7.99. The molecule has 0 aliphatic heterocycles. The van der Waals surface area contributed by atoms with Gasteiger partial charge in [-0.2, -0.15) is 0 Å². The molecule has 0 aliphatic carbocycles. The molecule has 0 radical (unpaired) electrons. The molecule has 0 spiro atoms. The fraction of sp³-hybridized carbons (Fsp3) is 0.100. The third-order valence-corrected chi connectivity index (χ3v) is 4.84. The Bertz CT molecular complexity index is 881. The molecule has 0 aliphatic rings. The van der Waals surface area contributed by atoms with Gasteiger partial charge in [-0.05, 0) is 49.7 Å². The summed E-state index contributed by atoms with van der Waals surface area (Å²) in [4.78, 5) is 18.0. The first-order valence-corrected chi connectivity index (χ1v) is 8.76. The number of aromatic nitrogens is 1. The second kappa shape index (κ2) is 7.85. The minimum Gasteiger partial charge on any atom is -0.298 e. The summed E-state index contributed by atoms with van der Waals surface area (Å²) in [5, 5.41) is 0.682. The van der Waals surface area contributed by atoms with Crippen LogP contribution in [-0.2, 0) is 0 Å². The standard InChI is InChI=1S/C20H19N3OS/c1-14-10-11-18(15(2)13-14)25-20-17(9-6-12-21-20)19(24)23-22-16-7-4-3-5-8-16/h3-13,22H,1-2H3,(H,23,24). The van der Waals surface area contributed by atoms with Gasteiger partial charge >= 0.3 is 0 Å². The minimum absolute atomic E-state index is 0.218. The van der Waals surface area contributed by atoms with Gasteiger partial charge in [0, 0.05) is 11.1 Å². The number of carbonyl (C=O) groups is 1. The second-order valence-electron chi connectivity index (χ2n) is 5.67. The molecule has 1 amide bonds. The van der Waals surface area contributed by atoms with E-state index in [0.717, 1.165) is 10.6 Å². The van der Waals surface area contributed by atoms with Gasteiger partial charge < -0.3 is 0 Å². The van der Waals surface area contributed by atoms with Gasteiger partial charge in [0.25, 0.3) is 5.91 Å². The number of nitrogens with zero attached hydrogens (tertiary/aromatic N) is 1. The number of benzene rings is 2. The van der Waals surface area contributed by atoms with Crippen molar-refractivity contribution >= 4 is 23.4 Å². The maximum Gasteiger partial charge on any atom is 0.272 e. The quantitative estimate of drug-likeness (QED) is 0.661. The fourth-order valence-electron chi connectivity index (χ4n) is 2.38. The zero-order valence-corrected chi connectivity index (χ0v) is 14.9. The number of para-hydroxylation sites is 1. The molecule has 3 aromatic rings. The van der Waals surface area contributed by atoms with Crippen LogP contribution in [0.25, 0.3) is 0 Å². The van der Waals surface area contributed by atoms with Crippen molar-refractivity contribution in [3.8, 4) is 0 Å². The predicted molar refractivity (Wildman–Crippen MR) is 102 cm³/mol. The summed E-state index contributed by atoms with van der Waals surface area (Å²) >= 11 is 1.50. The molecule has 126 valence electrons. The summed E-state index contributed by atoms with van der Waals surface area (Å²) < 4.78 is 0. The maximum absolute atomic E-state index is 12.5. The lowest BCUT2D eigenvalue weighted by molar-refractivity contribution is 0.0959. The largest absolute Gasteiger partial charge is 0.298 e. The lowest BCUT2D eigenvalue weighted by Crippen LogP contribution is -2.29. The van der Waals surface area contributed by atoms with E-state index in [1.807, 2.05) is 30.3 Å². The first-order valence-electron chi connectivity index (χ1n) is 7.95. The minimum atomic E-state index is -0.218. The predicted octanol–water partition coefficient (Wildman–Crippen LogP) is 4.61. The van der Waals surface area contributed by atoms with Crippen molar-refractivity contribution in [2.24, 2.45) is 0 Å². The molecule has 2 N–H and O–H groups in total. The Labute approximate surface area is 151 Å². The number of hydrogen-bond acceptors (Lipinski definition) is 4. The number of anilines is 1. The van der Waals surface area contributed by atoms with E-state index in [1.54, 1.807) is 18.3 Å². The molecule has 0 saturated carbocycles. The van der Waals surface area contributed by atoms with E-state index < -0.39 is 0 Å². The molecule has 0 fully saturated rings. The normalized spacial score (nSPS) is 10.3. The van der Waals surface area contributed by atoms with Crippen LogP contribution in [0.5, 0.6) is 0 Å². The Morgan fingerprint density at radius 2 is 1.80 bits per heavy atom. The van der Waals surface area contributed by atoms with Crippen molar-refractivity contribution in [3.63, 3.8) is 0 Å². The Morgan fingerprint density at radius 3 is 2.56 bits per heavy atom. The molecular formula is C20H19N3OS. The van der Waals surface area contributed by atoms with Crippen LogP contribution >= 0.6 is 11.8 Å². The molecule has 25 heavy (non-hydrogen) atoms.